The number of aromatic hydroxyl groups is 1. The molecule has 0 bridgehead atoms. The predicted octanol–water partition coefficient (Wildman–Crippen LogP) is 1.66. The normalized spacial score (nSPS) is 11.7. The van der Waals surface area contributed by atoms with Gasteiger partial charge in [0.15, 0.2) is 0 Å². The molecule has 7 heteroatoms. The quantitative estimate of drug-likeness (QED) is 0.786. The van der Waals surface area contributed by atoms with E-state index in [-0.39, 0.29) is 11.4 Å². The highest BCUT2D eigenvalue weighted by Crippen LogP contribution is 2.22. The number of hydrogen-bond acceptors (Lipinski definition) is 3. The van der Waals surface area contributed by atoms with Crippen LogP contribution in [0.25, 0.3) is 0 Å². The Balaban J connectivity index is 3.01. The lowest BCUT2D eigenvalue weighted by atomic mass is 10.2. The van der Waals surface area contributed by atoms with Crippen LogP contribution in [-0.2, 0) is 10.0 Å². The summed E-state index contributed by atoms with van der Waals surface area (Å²) in [5, 5.41) is 9.02. The fourth-order valence-corrected chi connectivity index (χ4v) is 1.58. The maximum atomic E-state index is 12.0. The van der Waals surface area contributed by atoms with Crippen LogP contribution in [-0.4, -0.2) is 19.3 Å². The highest BCUT2D eigenvalue weighted by atomic mass is 32.2. The smallest absolute Gasteiger partial charge is 0.355 e. The van der Waals surface area contributed by atoms with Gasteiger partial charge >= 0.3 is 5.76 Å². The third-order valence-electron chi connectivity index (χ3n) is 1.70. The van der Waals surface area contributed by atoms with E-state index >= 15 is 0 Å². The van der Waals surface area contributed by atoms with Gasteiger partial charge in [-0.25, -0.2) is 8.42 Å². The third-order valence-corrected chi connectivity index (χ3v) is 2.67. The summed E-state index contributed by atoms with van der Waals surface area (Å²) >= 11 is 0. The molecule has 1 aromatic rings. The van der Waals surface area contributed by atoms with Gasteiger partial charge in [-0.15, -0.1) is 0 Å². The molecule has 0 fully saturated rings. The molecule has 0 amide bonds. The molecule has 0 spiro atoms. The van der Waals surface area contributed by atoms with Crippen LogP contribution in [0.4, 0.5) is 14.5 Å². The lowest BCUT2D eigenvalue weighted by Crippen LogP contribution is -2.20. The van der Waals surface area contributed by atoms with Gasteiger partial charge in [-0.1, -0.05) is 0 Å². The van der Waals surface area contributed by atoms with Gasteiger partial charge in [0.25, 0.3) is 10.0 Å². The molecule has 0 aliphatic heterocycles. The summed E-state index contributed by atoms with van der Waals surface area (Å²) in [6.07, 6.45) is 0. The number of anilines is 1. The number of benzene rings is 1. The van der Waals surface area contributed by atoms with Crippen LogP contribution in [0.1, 0.15) is 5.56 Å². The van der Waals surface area contributed by atoms with Crippen LogP contribution in [0.5, 0.6) is 5.75 Å². The number of phenols is 1. The van der Waals surface area contributed by atoms with Gasteiger partial charge in [-0.05, 0) is 30.7 Å². The fourth-order valence-electron chi connectivity index (χ4n) is 0.960. The zero-order valence-corrected chi connectivity index (χ0v) is 8.55. The Hall–Kier alpha value is -1.37. The largest absolute Gasteiger partial charge is 0.508 e. The number of hydrogen-bond donors (Lipinski definition) is 2. The van der Waals surface area contributed by atoms with Crippen molar-refractivity contribution in [2.75, 3.05) is 4.72 Å². The number of aryl methyl sites for hydroxylation is 1. The van der Waals surface area contributed by atoms with Gasteiger partial charge in [0.05, 0.1) is 5.69 Å². The van der Waals surface area contributed by atoms with Crippen molar-refractivity contribution >= 4 is 15.7 Å². The minimum absolute atomic E-state index is 0.0214. The highest BCUT2D eigenvalue weighted by Gasteiger charge is 2.24. The molecule has 0 aliphatic carbocycles. The van der Waals surface area contributed by atoms with Crippen molar-refractivity contribution < 1.29 is 22.3 Å². The molecule has 2 N–H and O–H groups in total. The van der Waals surface area contributed by atoms with Crippen LogP contribution >= 0.6 is 0 Å². The van der Waals surface area contributed by atoms with Crippen molar-refractivity contribution in [2.24, 2.45) is 0 Å². The second kappa shape index (κ2) is 4.01. The van der Waals surface area contributed by atoms with E-state index in [1.165, 1.54) is 25.1 Å². The summed E-state index contributed by atoms with van der Waals surface area (Å²) in [5.74, 6) is -3.54. The van der Waals surface area contributed by atoms with E-state index in [9.17, 15) is 17.2 Å². The maximum Gasteiger partial charge on any atom is 0.355 e. The van der Waals surface area contributed by atoms with E-state index in [1.54, 1.807) is 4.72 Å². The lowest BCUT2D eigenvalue weighted by molar-refractivity contribution is 0.236. The van der Waals surface area contributed by atoms with Gasteiger partial charge in [-0.3, -0.25) is 4.72 Å². The van der Waals surface area contributed by atoms with Crippen LogP contribution in [0.15, 0.2) is 18.2 Å². The van der Waals surface area contributed by atoms with Crippen molar-refractivity contribution in [3.63, 3.8) is 0 Å². The van der Waals surface area contributed by atoms with Crippen molar-refractivity contribution in [1.29, 1.82) is 0 Å². The van der Waals surface area contributed by atoms with E-state index in [4.69, 9.17) is 5.11 Å². The first-order valence-electron chi connectivity index (χ1n) is 3.92. The molecule has 4 nitrogen and oxygen atoms in total. The van der Waals surface area contributed by atoms with E-state index < -0.39 is 15.8 Å². The second-order valence-electron chi connectivity index (χ2n) is 2.91. The summed E-state index contributed by atoms with van der Waals surface area (Å²) in [6.45, 7) is 1.49. The summed E-state index contributed by atoms with van der Waals surface area (Å²) in [5.41, 5.74) is 0.382. The zero-order chi connectivity index (χ0) is 11.6. The van der Waals surface area contributed by atoms with Crippen LogP contribution in [0.3, 0.4) is 0 Å². The number of rotatable bonds is 3. The van der Waals surface area contributed by atoms with Gasteiger partial charge < -0.3 is 5.11 Å². The Morgan fingerprint density at radius 2 is 2.00 bits per heavy atom. The summed E-state index contributed by atoms with van der Waals surface area (Å²) < 4.78 is 47.4. The van der Waals surface area contributed by atoms with Gasteiger partial charge in [0, 0.05) is 0 Å². The van der Waals surface area contributed by atoms with Crippen LogP contribution in [0, 0.1) is 6.92 Å². The number of nitrogens with one attached hydrogen (secondary N) is 1. The van der Waals surface area contributed by atoms with Crippen LogP contribution < -0.4 is 4.72 Å². The van der Waals surface area contributed by atoms with E-state index in [1.807, 2.05) is 0 Å². The molecule has 0 heterocycles. The summed E-state index contributed by atoms with van der Waals surface area (Å²) in [6, 6.07) is 3.68. The van der Waals surface area contributed by atoms with Crippen molar-refractivity contribution in [2.45, 2.75) is 12.7 Å². The first-order valence-corrected chi connectivity index (χ1v) is 5.47. The minimum atomic E-state index is -4.65. The summed E-state index contributed by atoms with van der Waals surface area (Å²) in [4.78, 5) is 0. The average molecular weight is 237 g/mol. The average Bonchev–Trinajstić information content (AvgIpc) is 2.09. The van der Waals surface area contributed by atoms with E-state index in [0.29, 0.717) is 5.56 Å². The Morgan fingerprint density at radius 1 is 1.40 bits per heavy atom. The first-order chi connectivity index (χ1) is 6.83. The topological polar surface area (TPSA) is 66.4 Å². The highest BCUT2D eigenvalue weighted by molar-refractivity contribution is 7.93. The Kier molecular flexibility index (Phi) is 3.13. The molecule has 0 atom stereocenters. The number of sulfonamides is 1. The van der Waals surface area contributed by atoms with E-state index in [0.717, 1.165) is 0 Å². The van der Waals surface area contributed by atoms with Crippen molar-refractivity contribution in [1.82, 2.24) is 0 Å². The minimum Gasteiger partial charge on any atom is -0.508 e. The first kappa shape index (κ1) is 11.7. The molecular weight excluding hydrogens is 228 g/mol. The predicted molar refractivity (Wildman–Crippen MR) is 51.4 cm³/mol. The lowest BCUT2D eigenvalue weighted by Gasteiger charge is -2.09. The van der Waals surface area contributed by atoms with Gasteiger partial charge in [0.1, 0.15) is 5.75 Å². The molecule has 0 unspecified atom stereocenters. The number of alkyl halides is 2. The van der Waals surface area contributed by atoms with Crippen molar-refractivity contribution in [3.05, 3.63) is 23.8 Å². The van der Waals surface area contributed by atoms with Gasteiger partial charge in [-0.2, -0.15) is 8.78 Å². The molecule has 0 radical (unpaired) electrons. The molecular formula is C8H9F2NO3S. The Labute approximate surface area is 85.6 Å². The molecule has 15 heavy (non-hydrogen) atoms. The molecule has 1 aromatic carbocycles. The van der Waals surface area contributed by atoms with Crippen LogP contribution in [0.2, 0.25) is 0 Å². The SMILES string of the molecule is Cc1cc(O)ccc1NS(=O)(=O)C(F)F. The van der Waals surface area contributed by atoms with Gasteiger partial charge in [0.2, 0.25) is 0 Å². The molecule has 1 rings (SSSR count). The second-order valence-corrected chi connectivity index (χ2v) is 4.56. The monoisotopic (exact) mass is 237 g/mol. The summed E-state index contributed by atoms with van der Waals surface area (Å²) in [7, 11) is -4.65. The number of halogens is 2. The van der Waals surface area contributed by atoms with Crippen molar-refractivity contribution in [3.8, 4) is 5.75 Å². The Bertz CT molecular complexity index is 459. The molecule has 0 aliphatic rings. The fraction of sp³-hybridized carbons (Fsp3) is 0.250. The molecule has 0 saturated heterocycles. The molecule has 0 saturated carbocycles. The molecule has 84 valence electrons. The number of phenolic OH excluding ortho intramolecular Hbond substituents is 1. The third kappa shape index (κ3) is 2.79. The molecule has 0 aromatic heterocycles. The zero-order valence-electron chi connectivity index (χ0n) is 7.74. The van der Waals surface area contributed by atoms with E-state index in [2.05, 4.69) is 0 Å². The maximum absolute atomic E-state index is 12.0. The standard InChI is InChI=1S/C8H9F2NO3S/c1-5-4-6(12)2-3-7(5)11-15(13,14)8(9)10/h2-4,8,11-12H,1H3. The Morgan fingerprint density at radius 3 is 2.47 bits per heavy atom.